The van der Waals surface area contributed by atoms with Gasteiger partial charge in [-0.05, 0) is 51.5 Å². The van der Waals surface area contributed by atoms with E-state index in [4.69, 9.17) is 9.97 Å². The van der Waals surface area contributed by atoms with Gasteiger partial charge in [0.25, 0.3) is 0 Å². The van der Waals surface area contributed by atoms with Crippen LogP contribution in [-0.4, -0.2) is 29.1 Å². The number of anilines is 1. The van der Waals surface area contributed by atoms with Crippen molar-refractivity contribution in [3.8, 4) is 0 Å². The Kier molecular flexibility index (Phi) is 3.78. The minimum Gasteiger partial charge on any atom is -0.367 e. The maximum absolute atomic E-state index is 4.91. The number of thiophene rings is 1. The smallest absolute Gasteiger partial charge is 0.187 e. The maximum Gasteiger partial charge on any atom is 0.187 e. The van der Waals surface area contributed by atoms with Crippen molar-refractivity contribution in [2.75, 3.05) is 18.4 Å². The SMILES string of the molecule is Cc1sc2nc(C[NH+]3CCCCC3)nc(NC3CC3)c2c1C. The first-order chi connectivity index (χ1) is 10.7. The Labute approximate surface area is 136 Å². The van der Waals surface area contributed by atoms with Crippen LogP contribution in [0.25, 0.3) is 10.2 Å². The van der Waals surface area contributed by atoms with Gasteiger partial charge in [0.15, 0.2) is 5.82 Å². The molecular weight excluding hydrogens is 292 g/mol. The lowest BCUT2D eigenvalue weighted by atomic mass is 10.1. The summed E-state index contributed by atoms with van der Waals surface area (Å²) in [7, 11) is 0. The quantitative estimate of drug-likeness (QED) is 0.910. The molecule has 0 amide bonds. The van der Waals surface area contributed by atoms with Crippen LogP contribution in [0.5, 0.6) is 0 Å². The lowest BCUT2D eigenvalue weighted by Gasteiger charge is -2.22. The van der Waals surface area contributed by atoms with Crippen LogP contribution in [0.4, 0.5) is 5.82 Å². The van der Waals surface area contributed by atoms with E-state index >= 15 is 0 Å². The van der Waals surface area contributed by atoms with Crippen molar-refractivity contribution >= 4 is 27.4 Å². The molecule has 0 spiro atoms. The molecule has 3 heterocycles. The number of fused-ring (bicyclic) bond motifs is 1. The number of aryl methyl sites for hydroxylation is 2. The van der Waals surface area contributed by atoms with E-state index < -0.39 is 0 Å². The molecule has 1 saturated heterocycles. The van der Waals surface area contributed by atoms with E-state index in [9.17, 15) is 0 Å². The first-order valence-electron chi connectivity index (χ1n) is 8.57. The number of nitrogens with one attached hydrogen (secondary N) is 2. The Hall–Kier alpha value is -1.20. The number of piperidine rings is 1. The van der Waals surface area contributed by atoms with Crippen molar-refractivity contribution in [3.05, 3.63) is 16.3 Å². The van der Waals surface area contributed by atoms with Gasteiger partial charge in [-0.25, -0.2) is 9.97 Å². The fourth-order valence-corrected chi connectivity index (χ4v) is 4.40. The average molecular weight is 317 g/mol. The minimum atomic E-state index is 0.632. The van der Waals surface area contributed by atoms with Crippen molar-refractivity contribution in [2.45, 2.75) is 58.5 Å². The van der Waals surface area contributed by atoms with Gasteiger partial charge in [-0.3, -0.25) is 0 Å². The zero-order valence-corrected chi connectivity index (χ0v) is 14.4. The topological polar surface area (TPSA) is 42.2 Å². The zero-order valence-electron chi connectivity index (χ0n) is 13.5. The number of hydrogen-bond donors (Lipinski definition) is 2. The Morgan fingerprint density at radius 2 is 1.91 bits per heavy atom. The van der Waals surface area contributed by atoms with Gasteiger partial charge in [0, 0.05) is 10.9 Å². The summed E-state index contributed by atoms with van der Waals surface area (Å²) in [6, 6.07) is 0.632. The minimum absolute atomic E-state index is 0.632. The van der Waals surface area contributed by atoms with Crippen LogP contribution in [0.2, 0.25) is 0 Å². The number of rotatable bonds is 4. The molecule has 2 aromatic heterocycles. The second kappa shape index (κ2) is 5.78. The van der Waals surface area contributed by atoms with Crippen LogP contribution in [-0.2, 0) is 6.54 Å². The molecule has 4 nitrogen and oxygen atoms in total. The molecule has 0 bridgehead atoms. The number of quaternary nitrogens is 1. The van der Waals surface area contributed by atoms with Crippen molar-refractivity contribution in [1.82, 2.24) is 9.97 Å². The van der Waals surface area contributed by atoms with E-state index in [-0.39, 0.29) is 0 Å². The van der Waals surface area contributed by atoms with Crippen LogP contribution in [0.15, 0.2) is 0 Å². The molecule has 2 aromatic rings. The summed E-state index contributed by atoms with van der Waals surface area (Å²) in [5.41, 5.74) is 1.35. The van der Waals surface area contributed by atoms with Gasteiger partial charge in [0.2, 0.25) is 0 Å². The molecule has 22 heavy (non-hydrogen) atoms. The summed E-state index contributed by atoms with van der Waals surface area (Å²) >= 11 is 1.82. The van der Waals surface area contributed by atoms with Crippen molar-refractivity contribution in [2.24, 2.45) is 0 Å². The highest BCUT2D eigenvalue weighted by Gasteiger charge is 2.25. The van der Waals surface area contributed by atoms with E-state index in [2.05, 4.69) is 19.2 Å². The van der Waals surface area contributed by atoms with E-state index in [0.717, 1.165) is 18.2 Å². The van der Waals surface area contributed by atoms with Gasteiger partial charge < -0.3 is 10.2 Å². The van der Waals surface area contributed by atoms with Gasteiger partial charge in [-0.15, -0.1) is 11.3 Å². The molecule has 0 unspecified atom stereocenters. The van der Waals surface area contributed by atoms with Crippen molar-refractivity contribution in [3.63, 3.8) is 0 Å². The van der Waals surface area contributed by atoms with Crippen LogP contribution < -0.4 is 10.2 Å². The molecule has 0 aromatic carbocycles. The lowest BCUT2D eigenvalue weighted by Crippen LogP contribution is -3.11. The second-order valence-corrected chi connectivity index (χ2v) is 8.06. The highest BCUT2D eigenvalue weighted by atomic mass is 32.1. The summed E-state index contributed by atoms with van der Waals surface area (Å²) in [6.07, 6.45) is 6.64. The number of aromatic nitrogens is 2. The van der Waals surface area contributed by atoms with Crippen LogP contribution in [0.1, 0.15) is 48.4 Å². The summed E-state index contributed by atoms with van der Waals surface area (Å²) in [5, 5.41) is 4.89. The standard InChI is InChI=1S/C17H24N4S/c1-11-12(2)22-17-15(11)16(18-13-6-7-13)19-14(20-17)10-21-8-4-3-5-9-21/h13H,3-10H2,1-2H3,(H,18,19,20)/p+1. The summed E-state index contributed by atoms with van der Waals surface area (Å²) in [4.78, 5) is 14.0. The largest absolute Gasteiger partial charge is 0.367 e. The normalized spacial score (nSPS) is 19.7. The molecule has 4 rings (SSSR count). The first-order valence-corrected chi connectivity index (χ1v) is 9.39. The number of nitrogens with zero attached hydrogens (tertiary/aromatic N) is 2. The fraction of sp³-hybridized carbons (Fsp3) is 0.647. The molecular formula is C17H25N4S+. The second-order valence-electron chi connectivity index (χ2n) is 6.86. The van der Waals surface area contributed by atoms with E-state index in [1.165, 1.54) is 65.9 Å². The third-order valence-electron chi connectivity index (χ3n) is 4.96. The van der Waals surface area contributed by atoms with E-state index in [1.807, 2.05) is 11.3 Å². The Morgan fingerprint density at radius 1 is 1.14 bits per heavy atom. The Morgan fingerprint density at radius 3 is 2.64 bits per heavy atom. The molecule has 1 aliphatic heterocycles. The van der Waals surface area contributed by atoms with Gasteiger partial charge in [-0.2, -0.15) is 0 Å². The lowest BCUT2D eigenvalue weighted by molar-refractivity contribution is -0.919. The molecule has 5 heteroatoms. The number of likely N-dealkylation sites (tertiary alicyclic amines) is 1. The molecule has 0 radical (unpaired) electrons. The van der Waals surface area contributed by atoms with Crippen LogP contribution in [0.3, 0.4) is 0 Å². The first kappa shape index (κ1) is 14.4. The average Bonchev–Trinajstić information content (AvgIpc) is 3.26. The van der Waals surface area contributed by atoms with Gasteiger partial charge in [0.05, 0.1) is 18.5 Å². The van der Waals surface area contributed by atoms with E-state index in [1.54, 1.807) is 4.90 Å². The fourth-order valence-electron chi connectivity index (χ4n) is 3.35. The Bertz CT molecular complexity index is 684. The monoisotopic (exact) mass is 317 g/mol. The molecule has 2 N–H and O–H groups in total. The molecule has 2 fully saturated rings. The predicted molar refractivity (Wildman–Crippen MR) is 91.8 cm³/mol. The summed E-state index contributed by atoms with van der Waals surface area (Å²) < 4.78 is 0. The third-order valence-corrected chi connectivity index (χ3v) is 6.06. The van der Waals surface area contributed by atoms with Crippen molar-refractivity contribution < 1.29 is 4.90 Å². The van der Waals surface area contributed by atoms with E-state index in [0.29, 0.717) is 6.04 Å². The van der Waals surface area contributed by atoms with Crippen molar-refractivity contribution in [1.29, 1.82) is 0 Å². The maximum atomic E-state index is 4.91. The molecule has 1 saturated carbocycles. The number of hydrogen-bond acceptors (Lipinski definition) is 4. The third kappa shape index (κ3) is 2.84. The summed E-state index contributed by atoms with van der Waals surface area (Å²) in [5.74, 6) is 2.11. The molecule has 118 valence electrons. The highest BCUT2D eigenvalue weighted by molar-refractivity contribution is 7.18. The Balaban J connectivity index is 1.68. The van der Waals surface area contributed by atoms with Crippen LogP contribution >= 0.6 is 11.3 Å². The summed E-state index contributed by atoms with van der Waals surface area (Å²) in [6.45, 7) is 7.92. The van der Waals surface area contributed by atoms with Crippen LogP contribution in [0, 0.1) is 13.8 Å². The predicted octanol–water partition coefficient (Wildman–Crippen LogP) is 2.45. The molecule has 2 aliphatic rings. The van der Waals surface area contributed by atoms with Gasteiger partial charge in [-0.1, -0.05) is 0 Å². The molecule has 0 atom stereocenters. The zero-order chi connectivity index (χ0) is 15.1. The molecule has 1 aliphatic carbocycles. The van der Waals surface area contributed by atoms with Gasteiger partial charge >= 0.3 is 0 Å². The van der Waals surface area contributed by atoms with Gasteiger partial charge in [0.1, 0.15) is 17.2 Å². The highest BCUT2D eigenvalue weighted by Crippen LogP contribution is 2.35.